The number of imide groups is 2. The minimum atomic E-state index is -4.89. The zero-order valence-electron chi connectivity index (χ0n) is 28.5. The number of hydrogen-bond donors (Lipinski definition) is 2. The van der Waals surface area contributed by atoms with Crippen molar-refractivity contribution >= 4 is 58.4 Å². The maximum Gasteiger partial charge on any atom is 0.418 e. The van der Waals surface area contributed by atoms with Crippen molar-refractivity contribution in [2.24, 2.45) is 0 Å². The third-order valence-electron chi connectivity index (χ3n) is 8.52. The molecule has 0 aromatic heterocycles. The first kappa shape index (κ1) is 38.6. The van der Waals surface area contributed by atoms with E-state index < -0.39 is 81.6 Å². The molecule has 2 saturated heterocycles. The summed E-state index contributed by atoms with van der Waals surface area (Å²) < 4.78 is 83.0. The zero-order chi connectivity index (χ0) is 38.4. The van der Waals surface area contributed by atoms with E-state index in [1.54, 1.807) is 0 Å². The number of benzene rings is 2. The summed E-state index contributed by atoms with van der Waals surface area (Å²) in [4.78, 5) is 79.9. The molecule has 0 atom stereocenters. The lowest BCUT2D eigenvalue weighted by Crippen LogP contribution is -2.44. The van der Waals surface area contributed by atoms with Crippen LogP contribution in [0.3, 0.4) is 0 Å². The van der Waals surface area contributed by atoms with Crippen LogP contribution in [0, 0.1) is 0 Å². The van der Waals surface area contributed by atoms with Crippen LogP contribution >= 0.6 is 0 Å². The minimum absolute atomic E-state index is 0.131. The average molecular weight is 727 g/mol. The van der Waals surface area contributed by atoms with Crippen LogP contribution in [0.4, 0.5) is 58.7 Å². The summed E-state index contributed by atoms with van der Waals surface area (Å²) in [6, 6.07) is 3.99. The number of alkyl halides is 6. The van der Waals surface area contributed by atoms with Gasteiger partial charge in [0, 0.05) is 38.3 Å². The van der Waals surface area contributed by atoms with E-state index in [-0.39, 0.29) is 43.7 Å². The van der Waals surface area contributed by atoms with Crippen molar-refractivity contribution < 1.29 is 55.1 Å². The Morgan fingerprint density at radius 1 is 0.608 bits per heavy atom. The molecule has 2 fully saturated rings. The number of carbonyl (C=O) groups excluding carboxylic acids is 6. The second kappa shape index (κ2) is 13.5. The molecular weight excluding hydrogens is 690 g/mol. The Morgan fingerprint density at radius 2 is 0.941 bits per heavy atom. The predicted octanol–water partition coefficient (Wildman–Crippen LogP) is 6.61. The smallest absolute Gasteiger partial charge is 0.326 e. The quantitative estimate of drug-likeness (QED) is 0.161. The highest BCUT2D eigenvalue weighted by atomic mass is 19.4. The topological polar surface area (TPSA) is 139 Å². The fourth-order valence-electron chi connectivity index (χ4n) is 6.13. The van der Waals surface area contributed by atoms with Gasteiger partial charge in [-0.15, -0.1) is 0 Å². The summed E-state index contributed by atoms with van der Waals surface area (Å²) in [7, 11) is 0. The first-order valence-electron chi connectivity index (χ1n) is 15.7. The largest absolute Gasteiger partial charge is 0.418 e. The Kier molecular flexibility index (Phi) is 10.2. The van der Waals surface area contributed by atoms with Gasteiger partial charge in [-0.25, -0.2) is 9.59 Å². The van der Waals surface area contributed by atoms with E-state index in [1.807, 2.05) is 0 Å². The van der Waals surface area contributed by atoms with E-state index in [4.69, 9.17) is 0 Å². The molecule has 2 aliphatic heterocycles. The molecule has 0 saturated carbocycles. The van der Waals surface area contributed by atoms with Crippen molar-refractivity contribution in [1.29, 1.82) is 0 Å². The second-order valence-electron chi connectivity index (χ2n) is 13.1. The van der Waals surface area contributed by atoms with Crippen LogP contribution in [0.1, 0.15) is 71.9 Å². The Bertz CT molecular complexity index is 1660. The van der Waals surface area contributed by atoms with Crippen molar-refractivity contribution in [1.82, 2.24) is 9.80 Å². The van der Waals surface area contributed by atoms with E-state index in [1.165, 1.54) is 39.8 Å². The highest BCUT2D eigenvalue weighted by Crippen LogP contribution is 2.42. The van der Waals surface area contributed by atoms with Gasteiger partial charge < -0.3 is 10.6 Å². The van der Waals surface area contributed by atoms with Gasteiger partial charge in [0.2, 0.25) is 11.8 Å². The number of halogens is 6. The second-order valence-corrected chi connectivity index (χ2v) is 13.1. The fourth-order valence-corrected chi connectivity index (χ4v) is 6.13. The molecule has 8 amide bonds. The molecule has 0 aliphatic carbocycles. The zero-order valence-corrected chi connectivity index (χ0v) is 28.5. The normalized spacial score (nSPS) is 17.5. The standard InChI is InChI=1S/C33H36F6N6O6/c1-18(46)40-24-12-10-20(16-22(24)32(34,35)36)44-28(50)42(26(48)30(44,3)4)14-8-7-9-15-43-27(49)31(5,6)45(29(43)51)21-11-13-25(41-19(2)47)23(17-21)33(37,38)39/h10-13,16-17H,7-9,14-15H2,1-6H3,(H,40,46)(H,41,47). The van der Waals surface area contributed by atoms with Crippen LogP contribution in [0.15, 0.2) is 36.4 Å². The third kappa shape index (κ3) is 7.49. The van der Waals surface area contributed by atoms with Gasteiger partial charge in [0.1, 0.15) is 11.1 Å². The monoisotopic (exact) mass is 726 g/mol. The summed E-state index contributed by atoms with van der Waals surface area (Å²) in [5.74, 6) is -2.81. The molecule has 2 heterocycles. The van der Waals surface area contributed by atoms with Crippen LogP contribution in [0.25, 0.3) is 0 Å². The molecule has 276 valence electrons. The van der Waals surface area contributed by atoms with Gasteiger partial charge in [0.05, 0.1) is 22.5 Å². The van der Waals surface area contributed by atoms with Gasteiger partial charge in [-0.1, -0.05) is 0 Å². The molecular formula is C33H36F6N6O6. The van der Waals surface area contributed by atoms with Crippen LogP contribution in [-0.2, 0) is 31.5 Å². The molecule has 0 radical (unpaired) electrons. The van der Waals surface area contributed by atoms with Gasteiger partial charge in [0.15, 0.2) is 0 Å². The first-order chi connectivity index (χ1) is 23.4. The van der Waals surface area contributed by atoms with Crippen LogP contribution in [0.2, 0.25) is 0 Å². The average Bonchev–Trinajstić information content (AvgIpc) is 3.27. The van der Waals surface area contributed by atoms with Crippen LogP contribution < -0.4 is 20.4 Å². The number of urea groups is 2. The predicted molar refractivity (Wildman–Crippen MR) is 173 cm³/mol. The van der Waals surface area contributed by atoms with E-state index >= 15 is 0 Å². The van der Waals surface area contributed by atoms with Crippen molar-refractivity contribution in [2.75, 3.05) is 33.5 Å². The number of amides is 8. The lowest BCUT2D eigenvalue weighted by atomic mass is 10.0. The Hall–Kier alpha value is -5.16. The van der Waals surface area contributed by atoms with Crippen molar-refractivity contribution in [3.63, 3.8) is 0 Å². The van der Waals surface area contributed by atoms with Gasteiger partial charge in [0.25, 0.3) is 11.8 Å². The van der Waals surface area contributed by atoms with Gasteiger partial charge in [-0.05, 0) is 83.4 Å². The molecule has 2 aromatic carbocycles. The summed E-state index contributed by atoms with van der Waals surface area (Å²) >= 11 is 0. The lowest BCUT2D eigenvalue weighted by Gasteiger charge is -2.28. The molecule has 51 heavy (non-hydrogen) atoms. The Balaban J connectivity index is 1.44. The first-order valence-corrected chi connectivity index (χ1v) is 15.7. The molecule has 0 spiro atoms. The van der Waals surface area contributed by atoms with Crippen LogP contribution in [0.5, 0.6) is 0 Å². The van der Waals surface area contributed by atoms with E-state index in [0.29, 0.717) is 12.1 Å². The van der Waals surface area contributed by atoms with E-state index in [9.17, 15) is 55.1 Å². The Labute approximate surface area is 288 Å². The maximum atomic E-state index is 13.8. The molecule has 0 unspecified atom stereocenters. The van der Waals surface area contributed by atoms with Crippen molar-refractivity contribution in [3.8, 4) is 0 Å². The molecule has 0 bridgehead atoms. The Morgan fingerprint density at radius 3 is 1.24 bits per heavy atom. The maximum absolute atomic E-state index is 13.8. The van der Waals surface area contributed by atoms with Crippen molar-refractivity contribution in [3.05, 3.63) is 47.5 Å². The lowest BCUT2D eigenvalue weighted by molar-refractivity contribution is -0.137. The molecule has 12 nitrogen and oxygen atoms in total. The number of nitrogens with zero attached hydrogens (tertiary/aromatic N) is 4. The SMILES string of the molecule is CC(=O)Nc1ccc(N2C(=O)N(CCCCCN3C(=O)N(c4ccc(NC(C)=O)c(C(F)(F)F)c4)C(C)(C)C3=O)C(=O)C2(C)C)cc1C(F)(F)F. The highest BCUT2D eigenvalue weighted by Gasteiger charge is 2.53. The summed E-state index contributed by atoms with van der Waals surface area (Å²) in [5, 5.41) is 4.20. The van der Waals surface area contributed by atoms with Gasteiger partial charge in [-0.2, -0.15) is 26.3 Å². The minimum Gasteiger partial charge on any atom is -0.326 e. The molecule has 4 rings (SSSR count). The summed E-state index contributed by atoms with van der Waals surface area (Å²) in [5.41, 5.74) is -7.01. The van der Waals surface area contributed by atoms with Crippen molar-refractivity contribution in [2.45, 2.75) is 84.2 Å². The molecule has 18 heteroatoms. The van der Waals surface area contributed by atoms with Crippen LogP contribution in [-0.4, -0.2) is 69.7 Å². The third-order valence-corrected chi connectivity index (χ3v) is 8.52. The number of anilines is 4. The fraction of sp³-hybridized carbons (Fsp3) is 0.455. The highest BCUT2D eigenvalue weighted by molar-refractivity contribution is 6.17. The van der Waals surface area contributed by atoms with Gasteiger partial charge >= 0.3 is 24.4 Å². The number of carbonyl (C=O) groups is 6. The number of unbranched alkanes of at least 4 members (excludes halogenated alkanes) is 2. The molecule has 2 aliphatic rings. The summed E-state index contributed by atoms with van der Waals surface area (Å²) in [6.07, 6.45) is -9.11. The number of hydrogen-bond acceptors (Lipinski definition) is 6. The summed E-state index contributed by atoms with van der Waals surface area (Å²) in [6.45, 7) is 7.34. The number of nitrogens with one attached hydrogen (secondary N) is 2. The van der Waals surface area contributed by atoms with E-state index in [2.05, 4.69) is 10.6 Å². The van der Waals surface area contributed by atoms with E-state index in [0.717, 1.165) is 45.6 Å². The number of rotatable bonds is 10. The molecule has 2 N–H and O–H groups in total. The molecule has 2 aromatic rings. The van der Waals surface area contributed by atoms with Gasteiger partial charge in [-0.3, -0.25) is 38.8 Å².